The molecule has 3 nitrogen and oxygen atoms in total. The second-order valence-corrected chi connectivity index (χ2v) is 5.66. The summed E-state index contributed by atoms with van der Waals surface area (Å²) in [6.45, 7) is 0. The number of fused-ring (bicyclic) bond motifs is 1. The second kappa shape index (κ2) is 5.31. The maximum Gasteiger partial charge on any atom is 0.0529 e. The van der Waals surface area contributed by atoms with Crippen LogP contribution in [0.2, 0.25) is 5.02 Å². The van der Waals surface area contributed by atoms with E-state index in [1.54, 1.807) is 12.4 Å². The SMILES string of the molecule is Nc1ccc(Nc2ccc(Cl)cc2Br)c2ccncc12. The maximum atomic E-state index is 5.97. The molecular weight excluding hydrogens is 338 g/mol. The van der Waals surface area contributed by atoms with Crippen LogP contribution in [0.4, 0.5) is 17.1 Å². The quantitative estimate of drug-likeness (QED) is 0.642. The molecule has 0 bridgehead atoms. The molecule has 0 aliphatic heterocycles. The Kier molecular flexibility index (Phi) is 3.51. The highest BCUT2D eigenvalue weighted by Crippen LogP contribution is 2.33. The summed E-state index contributed by atoms with van der Waals surface area (Å²) in [5, 5.41) is 6.03. The van der Waals surface area contributed by atoms with Gasteiger partial charge in [0, 0.05) is 44.0 Å². The smallest absolute Gasteiger partial charge is 0.0529 e. The van der Waals surface area contributed by atoms with Crippen molar-refractivity contribution < 1.29 is 0 Å². The fraction of sp³-hybridized carbons (Fsp3) is 0. The number of hydrogen-bond acceptors (Lipinski definition) is 3. The molecule has 0 fully saturated rings. The van der Waals surface area contributed by atoms with Crippen LogP contribution in [-0.2, 0) is 0 Å². The van der Waals surface area contributed by atoms with Gasteiger partial charge in [0.25, 0.3) is 0 Å². The Morgan fingerprint density at radius 1 is 1.05 bits per heavy atom. The average Bonchev–Trinajstić information content (AvgIpc) is 2.45. The molecule has 0 aliphatic rings. The van der Waals surface area contributed by atoms with E-state index in [4.69, 9.17) is 17.3 Å². The molecule has 0 spiro atoms. The van der Waals surface area contributed by atoms with E-state index < -0.39 is 0 Å². The molecule has 0 saturated heterocycles. The lowest BCUT2D eigenvalue weighted by atomic mass is 10.1. The Labute approximate surface area is 129 Å². The van der Waals surface area contributed by atoms with Crippen LogP contribution in [0.5, 0.6) is 0 Å². The minimum absolute atomic E-state index is 0.689. The van der Waals surface area contributed by atoms with Gasteiger partial charge in [0.1, 0.15) is 0 Å². The zero-order valence-electron chi connectivity index (χ0n) is 10.4. The fourth-order valence-corrected chi connectivity index (χ4v) is 2.84. The summed E-state index contributed by atoms with van der Waals surface area (Å²) in [6, 6.07) is 11.4. The second-order valence-electron chi connectivity index (χ2n) is 4.37. The lowest BCUT2D eigenvalue weighted by molar-refractivity contribution is 1.36. The van der Waals surface area contributed by atoms with E-state index in [9.17, 15) is 0 Å². The van der Waals surface area contributed by atoms with E-state index >= 15 is 0 Å². The number of nitrogens with zero attached hydrogens (tertiary/aromatic N) is 1. The standard InChI is InChI=1S/C15H11BrClN3/c16-12-7-9(17)1-3-15(12)20-14-4-2-13(18)11-8-19-6-5-10(11)14/h1-8,20H,18H2. The van der Waals surface area contributed by atoms with Crippen LogP contribution >= 0.6 is 27.5 Å². The highest BCUT2D eigenvalue weighted by Gasteiger charge is 2.06. The summed E-state index contributed by atoms with van der Waals surface area (Å²) in [5.41, 5.74) is 8.60. The molecule has 0 aliphatic carbocycles. The van der Waals surface area contributed by atoms with Crippen molar-refractivity contribution in [3.05, 3.63) is 58.3 Å². The third-order valence-electron chi connectivity index (χ3n) is 3.05. The first-order valence-electron chi connectivity index (χ1n) is 5.99. The molecule has 3 N–H and O–H groups in total. The molecule has 3 aromatic rings. The van der Waals surface area contributed by atoms with Crippen LogP contribution in [0.15, 0.2) is 53.3 Å². The van der Waals surface area contributed by atoms with E-state index in [2.05, 4.69) is 26.2 Å². The number of hydrogen-bond donors (Lipinski definition) is 2. The Morgan fingerprint density at radius 2 is 1.85 bits per heavy atom. The molecule has 20 heavy (non-hydrogen) atoms. The number of anilines is 3. The summed E-state index contributed by atoms with van der Waals surface area (Å²) in [6.07, 6.45) is 3.52. The first kappa shape index (κ1) is 13.2. The van der Waals surface area contributed by atoms with Crippen molar-refractivity contribution in [2.75, 3.05) is 11.1 Å². The number of rotatable bonds is 2. The third kappa shape index (κ3) is 2.44. The van der Waals surface area contributed by atoms with E-state index in [0.29, 0.717) is 10.7 Å². The normalized spacial score (nSPS) is 10.7. The minimum atomic E-state index is 0.689. The zero-order valence-corrected chi connectivity index (χ0v) is 12.7. The summed E-state index contributed by atoms with van der Waals surface area (Å²) >= 11 is 9.45. The number of aromatic nitrogens is 1. The maximum absolute atomic E-state index is 5.97. The lowest BCUT2D eigenvalue weighted by Crippen LogP contribution is -1.95. The predicted octanol–water partition coefficient (Wildman–Crippen LogP) is 4.98. The van der Waals surface area contributed by atoms with Gasteiger partial charge in [-0.1, -0.05) is 11.6 Å². The minimum Gasteiger partial charge on any atom is -0.398 e. The molecule has 0 amide bonds. The molecule has 5 heteroatoms. The van der Waals surface area contributed by atoms with Crippen LogP contribution < -0.4 is 11.1 Å². The van der Waals surface area contributed by atoms with Crippen LogP contribution in [0.3, 0.4) is 0 Å². The van der Waals surface area contributed by atoms with Crippen LogP contribution in [0, 0.1) is 0 Å². The van der Waals surface area contributed by atoms with Gasteiger partial charge in [0.15, 0.2) is 0 Å². The molecule has 0 unspecified atom stereocenters. The topological polar surface area (TPSA) is 50.9 Å². The van der Waals surface area contributed by atoms with Crippen molar-refractivity contribution in [3.63, 3.8) is 0 Å². The predicted molar refractivity (Wildman–Crippen MR) is 88.6 cm³/mol. The molecule has 100 valence electrons. The summed E-state index contributed by atoms with van der Waals surface area (Å²) in [7, 11) is 0. The van der Waals surface area contributed by atoms with Gasteiger partial charge in [0.2, 0.25) is 0 Å². The van der Waals surface area contributed by atoms with Crippen LogP contribution in [0.25, 0.3) is 10.8 Å². The van der Waals surface area contributed by atoms with Gasteiger partial charge < -0.3 is 11.1 Å². The fourth-order valence-electron chi connectivity index (χ4n) is 2.06. The number of nitrogens with one attached hydrogen (secondary N) is 1. The summed E-state index contributed by atoms with van der Waals surface area (Å²) < 4.78 is 0.907. The number of nitrogens with two attached hydrogens (primary N) is 1. The molecule has 2 aromatic carbocycles. The highest BCUT2D eigenvalue weighted by atomic mass is 79.9. The van der Waals surface area contributed by atoms with Crippen molar-refractivity contribution in [3.8, 4) is 0 Å². The average molecular weight is 349 g/mol. The van der Waals surface area contributed by atoms with Crippen LogP contribution in [-0.4, -0.2) is 4.98 Å². The zero-order chi connectivity index (χ0) is 14.1. The van der Waals surface area contributed by atoms with Gasteiger partial charge in [-0.2, -0.15) is 0 Å². The van der Waals surface area contributed by atoms with Gasteiger partial charge in [-0.3, -0.25) is 4.98 Å². The summed E-state index contributed by atoms with van der Waals surface area (Å²) in [4.78, 5) is 4.12. The van der Waals surface area contributed by atoms with Gasteiger partial charge >= 0.3 is 0 Å². The van der Waals surface area contributed by atoms with Crippen molar-refractivity contribution in [2.45, 2.75) is 0 Å². The monoisotopic (exact) mass is 347 g/mol. The molecule has 3 rings (SSSR count). The van der Waals surface area contributed by atoms with Gasteiger partial charge in [-0.25, -0.2) is 0 Å². The van der Waals surface area contributed by atoms with E-state index in [1.165, 1.54) is 0 Å². The number of pyridine rings is 1. The molecule has 1 aromatic heterocycles. The van der Waals surface area contributed by atoms with E-state index in [1.807, 2.05) is 36.4 Å². The molecule has 0 radical (unpaired) electrons. The van der Waals surface area contributed by atoms with Crippen molar-refractivity contribution in [2.24, 2.45) is 0 Å². The first-order chi connectivity index (χ1) is 9.65. The summed E-state index contributed by atoms with van der Waals surface area (Å²) in [5.74, 6) is 0. The van der Waals surface area contributed by atoms with Gasteiger partial charge in [-0.05, 0) is 52.3 Å². The largest absolute Gasteiger partial charge is 0.398 e. The van der Waals surface area contributed by atoms with Gasteiger partial charge in [0.05, 0.1) is 5.69 Å². The van der Waals surface area contributed by atoms with Crippen molar-refractivity contribution in [1.29, 1.82) is 0 Å². The third-order valence-corrected chi connectivity index (χ3v) is 3.94. The molecular formula is C15H11BrClN3. The molecule has 0 atom stereocenters. The highest BCUT2D eigenvalue weighted by molar-refractivity contribution is 9.10. The Balaban J connectivity index is 2.09. The lowest BCUT2D eigenvalue weighted by Gasteiger charge is -2.12. The Hall–Kier alpha value is -1.78. The first-order valence-corrected chi connectivity index (χ1v) is 7.16. The van der Waals surface area contributed by atoms with E-state index in [-0.39, 0.29) is 0 Å². The van der Waals surface area contributed by atoms with Crippen molar-refractivity contribution >= 4 is 55.4 Å². The van der Waals surface area contributed by atoms with Gasteiger partial charge in [-0.15, -0.1) is 0 Å². The molecule has 1 heterocycles. The Morgan fingerprint density at radius 3 is 2.65 bits per heavy atom. The molecule has 0 saturated carbocycles. The number of nitrogen functional groups attached to an aromatic ring is 1. The number of benzene rings is 2. The van der Waals surface area contributed by atoms with Crippen LogP contribution in [0.1, 0.15) is 0 Å². The number of halogens is 2. The Bertz CT molecular complexity index is 789. The van der Waals surface area contributed by atoms with Crippen molar-refractivity contribution in [1.82, 2.24) is 4.98 Å². The van der Waals surface area contributed by atoms with E-state index in [0.717, 1.165) is 26.6 Å².